The number of amidine groups is 1. The molecule has 0 spiro atoms. The van der Waals surface area contributed by atoms with Crippen molar-refractivity contribution < 1.29 is 5.11 Å². The average Bonchev–Trinajstić information content (AvgIpc) is 3.43. The van der Waals surface area contributed by atoms with Crippen LogP contribution in [0.2, 0.25) is 0 Å². The lowest BCUT2D eigenvalue weighted by Crippen LogP contribution is -2.38. The van der Waals surface area contributed by atoms with E-state index in [0.29, 0.717) is 23.4 Å². The highest BCUT2D eigenvalue weighted by Gasteiger charge is 2.26. The fourth-order valence-corrected chi connectivity index (χ4v) is 4.64. The Hall–Kier alpha value is -3.52. The average molecular weight is 458 g/mol. The van der Waals surface area contributed by atoms with Crippen LogP contribution in [0.25, 0.3) is 16.9 Å². The second-order valence-electron chi connectivity index (χ2n) is 9.27. The van der Waals surface area contributed by atoms with E-state index < -0.39 is 0 Å². The van der Waals surface area contributed by atoms with Crippen molar-refractivity contribution in [3.8, 4) is 17.0 Å². The minimum Gasteiger partial charge on any atom is -0.507 e. The van der Waals surface area contributed by atoms with Crippen LogP contribution in [0.4, 0.5) is 0 Å². The van der Waals surface area contributed by atoms with E-state index in [-0.39, 0.29) is 5.75 Å². The molecular formula is C26H31N7O. The summed E-state index contributed by atoms with van der Waals surface area (Å²) in [5.74, 6) is 1.17. The number of hydrogen-bond acceptors (Lipinski definition) is 7. The Morgan fingerprint density at radius 3 is 2.85 bits per heavy atom. The lowest BCUT2D eigenvalue weighted by atomic mass is 10.0. The van der Waals surface area contributed by atoms with E-state index in [0.717, 1.165) is 55.1 Å². The van der Waals surface area contributed by atoms with Gasteiger partial charge in [0.05, 0.1) is 11.4 Å². The number of nitrogens with one attached hydrogen (secondary N) is 1. The molecule has 8 heteroatoms. The van der Waals surface area contributed by atoms with E-state index in [1.54, 1.807) is 23.0 Å². The number of aromatic nitrogens is 3. The zero-order valence-electron chi connectivity index (χ0n) is 19.9. The van der Waals surface area contributed by atoms with E-state index >= 15 is 0 Å². The van der Waals surface area contributed by atoms with Gasteiger partial charge in [0.2, 0.25) is 0 Å². The third-order valence-corrected chi connectivity index (χ3v) is 6.40. The molecule has 5 rings (SSSR count). The van der Waals surface area contributed by atoms with Gasteiger partial charge in [-0.1, -0.05) is 32.4 Å². The molecule has 8 nitrogen and oxygen atoms in total. The first-order valence-electron chi connectivity index (χ1n) is 12.0. The quantitative estimate of drug-likeness (QED) is 0.604. The summed E-state index contributed by atoms with van der Waals surface area (Å²) in [6, 6.07) is 10.4. The molecule has 2 aromatic heterocycles. The number of benzene rings is 1. The normalized spacial score (nSPS) is 18.8. The third kappa shape index (κ3) is 4.59. The minimum absolute atomic E-state index is 0.163. The van der Waals surface area contributed by atoms with Crippen molar-refractivity contribution in [3.63, 3.8) is 0 Å². The molecule has 1 fully saturated rings. The van der Waals surface area contributed by atoms with Gasteiger partial charge in [-0.2, -0.15) is 5.10 Å². The predicted octanol–water partition coefficient (Wildman–Crippen LogP) is 4.02. The van der Waals surface area contributed by atoms with Gasteiger partial charge in [0.1, 0.15) is 11.6 Å². The Bertz CT molecular complexity index is 1290. The van der Waals surface area contributed by atoms with Gasteiger partial charge in [0.15, 0.2) is 5.65 Å². The summed E-state index contributed by atoms with van der Waals surface area (Å²) in [5.41, 5.74) is 4.99. The summed E-state index contributed by atoms with van der Waals surface area (Å²) >= 11 is 0. The number of imidazole rings is 1. The van der Waals surface area contributed by atoms with Crippen LogP contribution < -0.4 is 5.32 Å². The van der Waals surface area contributed by atoms with Gasteiger partial charge in [-0.3, -0.25) is 0 Å². The van der Waals surface area contributed by atoms with Gasteiger partial charge < -0.3 is 15.3 Å². The maximum Gasteiger partial charge on any atom is 0.153 e. The Balaban J connectivity index is 1.41. The second kappa shape index (κ2) is 9.38. The lowest BCUT2D eigenvalue weighted by molar-refractivity contribution is 0.445. The number of phenols is 1. The molecule has 0 amide bonds. The van der Waals surface area contributed by atoms with Crippen molar-refractivity contribution in [1.29, 1.82) is 0 Å². The molecular weight excluding hydrogens is 426 g/mol. The van der Waals surface area contributed by atoms with Crippen molar-refractivity contribution in [2.45, 2.75) is 52.1 Å². The first kappa shape index (κ1) is 22.3. The summed E-state index contributed by atoms with van der Waals surface area (Å²) in [7, 11) is 0. The predicted molar refractivity (Wildman–Crippen MR) is 135 cm³/mol. The monoisotopic (exact) mass is 457 g/mol. The smallest absolute Gasteiger partial charge is 0.153 e. The van der Waals surface area contributed by atoms with E-state index in [4.69, 9.17) is 0 Å². The Labute approximate surface area is 199 Å². The number of phenolic OH excluding ortho intramolecular Hbond substituents is 1. The zero-order chi connectivity index (χ0) is 23.7. The highest BCUT2D eigenvalue weighted by atomic mass is 16.3. The molecule has 0 bridgehead atoms. The number of fused-ring (bicyclic) bond motifs is 1. The van der Waals surface area contributed by atoms with Crippen LogP contribution in [0, 0.1) is 0 Å². The van der Waals surface area contributed by atoms with Gasteiger partial charge >= 0.3 is 0 Å². The molecule has 2 aliphatic heterocycles. The van der Waals surface area contributed by atoms with E-state index in [2.05, 4.69) is 57.3 Å². The molecule has 1 atom stereocenters. The van der Waals surface area contributed by atoms with Crippen LogP contribution in [0.5, 0.6) is 5.75 Å². The molecule has 0 radical (unpaired) electrons. The molecule has 34 heavy (non-hydrogen) atoms. The Kier molecular flexibility index (Phi) is 6.15. The van der Waals surface area contributed by atoms with Crippen molar-refractivity contribution in [3.05, 3.63) is 59.9 Å². The van der Waals surface area contributed by atoms with Crippen LogP contribution in [0.3, 0.4) is 0 Å². The van der Waals surface area contributed by atoms with E-state index in [9.17, 15) is 5.11 Å². The van der Waals surface area contributed by atoms with Crippen molar-refractivity contribution in [1.82, 2.24) is 24.8 Å². The standard InChI is InChI=1S/C26H31N7O/c1-4-18-13-23(29-30-26(14-18)32-11-9-20(16-32)28-17(2)3)21-6-5-19(15-24(21)34)22-7-8-25-27-10-12-33(25)31-22/h5-8,10,12-13,15,17,20,28,34H,4,9,11,14,16H2,1-3H3. The Morgan fingerprint density at radius 1 is 1.18 bits per heavy atom. The molecule has 1 aromatic carbocycles. The highest BCUT2D eigenvalue weighted by molar-refractivity contribution is 6.12. The van der Waals surface area contributed by atoms with Gasteiger partial charge in [-0.05, 0) is 43.2 Å². The number of aromatic hydroxyl groups is 1. The number of rotatable bonds is 5. The summed E-state index contributed by atoms with van der Waals surface area (Å²) in [6.07, 6.45) is 8.40. The molecule has 4 heterocycles. The molecule has 2 N–H and O–H groups in total. The fourth-order valence-electron chi connectivity index (χ4n) is 4.64. The third-order valence-electron chi connectivity index (χ3n) is 6.40. The van der Waals surface area contributed by atoms with Crippen LogP contribution in [-0.2, 0) is 0 Å². The number of likely N-dealkylation sites (tertiary alicyclic amines) is 1. The van der Waals surface area contributed by atoms with Gasteiger partial charge in [0, 0.05) is 55.1 Å². The number of allylic oxidation sites excluding steroid dienone is 1. The van der Waals surface area contributed by atoms with Crippen LogP contribution in [0.1, 0.15) is 45.6 Å². The summed E-state index contributed by atoms with van der Waals surface area (Å²) in [6.45, 7) is 8.46. The zero-order valence-corrected chi connectivity index (χ0v) is 19.9. The SMILES string of the molecule is CCC1=CC(c2ccc(-c3ccc4nccn4n3)cc2O)=NN=C(N2CCC(NC(C)C)C2)C1. The lowest BCUT2D eigenvalue weighted by Gasteiger charge is -2.21. The van der Waals surface area contributed by atoms with Crippen molar-refractivity contribution in [2.75, 3.05) is 13.1 Å². The Morgan fingerprint density at radius 2 is 2.06 bits per heavy atom. The van der Waals surface area contributed by atoms with Gasteiger partial charge in [-0.15, -0.1) is 10.2 Å². The van der Waals surface area contributed by atoms with Crippen LogP contribution in [0.15, 0.2) is 64.6 Å². The first-order valence-corrected chi connectivity index (χ1v) is 12.0. The summed E-state index contributed by atoms with van der Waals surface area (Å²) in [4.78, 5) is 6.58. The van der Waals surface area contributed by atoms with E-state index in [1.807, 2.05) is 24.3 Å². The number of hydrogen-bond donors (Lipinski definition) is 2. The maximum atomic E-state index is 10.9. The highest BCUT2D eigenvalue weighted by Crippen LogP contribution is 2.28. The van der Waals surface area contributed by atoms with E-state index in [1.165, 1.54) is 5.57 Å². The number of nitrogens with zero attached hydrogens (tertiary/aromatic N) is 6. The largest absolute Gasteiger partial charge is 0.507 e. The topological polar surface area (TPSA) is 90.4 Å². The first-order chi connectivity index (χ1) is 16.5. The van der Waals surface area contributed by atoms with Gasteiger partial charge in [0.25, 0.3) is 0 Å². The molecule has 1 unspecified atom stereocenters. The summed E-state index contributed by atoms with van der Waals surface area (Å²) in [5, 5.41) is 28.3. The van der Waals surface area contributed by atoms with Crippen LogP contribution >= 0.6 is 0 Å². The summed E-state index contributed by atoms with van der Waals surface area (Å²) < 4.78 is 1.72. The minimum atomic E-state index is 0.163. The maximum absolute atomic E-state index is 10.9. The molecule has 0 aliphatic carbocycles. The molecule has 176 valence electrons. The molecule has 2 aliphatic rings. The second-order valence-corrected chi connectivity index (χ2v) is 9.27. The van der Waals surface area contributed by atoms with Crippen molar-refractivity contribution in [2.24, 2.45) is 10.2 Å². The van der Waals surface area contributed by atoms with Gasteiger partial charge in [-0.25, -0.2) is 9.50 Å². The van der Waals surface area contributed by atoms with Crippen molar-refractivity contribution >= 4 is 17.2 Å². The van der Waals surface area contributed by atoms with Crippen LogP contribution in [-0.4, -0.2) is 61.3 Å². The fraction of sp³-hybridized carbons (Fsp3) is 0.385. The molecule has 3 aromatic rings. The molecule has 0 saturated carbocycles. The molecule has 1 saturated heterocycles.